The molecule has 2 aromatic rings. The van der Waals surface area contributed by atoms with Crippen LogP contribution in [0.1, 0.15) is 46.2 Å². The van der Waals surface area contributed by atoms with E-state index in [0.717, 1.165) is 29.6 Å². The Morgan fingerprint density at radius 2 is 1.90 bits per heavy atom. The highest BCUT2D eigenvalue weighted by Crippen LogP contribution is 2.38. The van der Waals surface area contributed by atoms with Crippen molar-refractivity contribution in [3.05, 3.63) is 48.8 Å². The van der Waals surface area contributed by atoms with Crippen molar-refractivity contribution in [3.8, 4) is 0 Å². The van der Waals surface area contributed by atoms with Crippen molar-refractivity contribution < 1.29 is 0 Å². The standard InChI is InChI=1S/C18H24N2/c1-6-11-17(2,3)13-18(4,5)15-10-9-14-8-7-12-19-16(14)20-15/h6-10,12H,1,11,13H2,2-5H3. The first kappa shape index (κ1) is 14.7. The Morgan fingerprint density at radius 3 is 2.60 bits per heavy atom. The summed E-state index contributed by atoms with van der Waals surface area (Å²) in [6, 6.07) is 8.25. The van der Waals surface area contributed by atoms with Crippen molar-refractivity contribution in [2.75, 3.05) is 0 Å². The van der Waals surface area contributed by atoms with Crippen LogP contribution in [-0.4, -0.2) is 9.97 Å². The lowest BCUT2D eigenvalue weighted by atomic mass is 9.71. The molecule has 0 saturated heterocycles. The van der Waals surface area contributed by atoms with Crippen molar-refractivity contribution in [1.29, 1.82) is 0 Å². The smallest absolute Gasteiger partial charge is 0.159 e. The molecule has 0 spiro atoms. The van der Waals surface area contributed by atoms with Crippen LogP contribution < -0.4 is 0 Å². The van der Waals surface area contributed by atoms with E-state index in [0.29, 0.717) is 0 Å². The number of hydrogen-bond acceptors (Lipinski definition) is 2. The van der Waals surface area contributed by atoms with E-state index in [-0.39, 0.29) is 10.8 Å². The second-order valence-electron chi connectivity index (χ2n) is 6.96. The SMILES string of the molecule is C=CCC(C)(C)CC(C)(C)c1ccc2cccnc2n1. The molecule has 0 radical (unpaired) electrons. The van der Waals surface area contributed by atoms with Gasteiger partial charge in [-0.15, -0.1) is 6.58 Å². The summed E-state index contributed by atoms with van der Waals surface area (Å²) in [6.45, 7) is 13.0. The third-order valence-electron chi connectivity index (χ3n) is 3.77. The van der Waals surface area contributed by atoms with Crippen LogP contribution in [-0.2, 0) is 5.41 Å². The number of hydrogen-bond donors (Lipinski definition) is 0. The van der Waals surface area contributed by atoms with Crippen LogP contribution in [0.25, 0.3) is 11.0 Å². The molecule has 2 heterocycles. The molecular weight excluding hydrogens is 244 g/mol. The Hall–Kier alpha value is -1.70. The van der Waals surface area contributed by atoms with Gasteiger partial charge >= 0.3 is 0 Å². The molecule has 0 aliphatic heterocycles. The number of nitrogens with zero attached hydrogens (tertiary/aromatic N) is 2. The predicted octanol–water partition coefficient (Wildman–Crippen LogP) is 4.90. The quantitative estimate of drug-likeness (QED) is 0.721. The summed E-state index contributed by atoms with van der Waals surface area (Å²) in [5.41, 5.74) is 2.20. The minimum Gasteiger partial charge on any atom is -0.237 e. The molecule has 0 amide bonds. The molecule has 0 saturated carbocycles. The topological polar surface area (TPSA) is 25.8 Å². The summed E-state index contributed by atoms with van der Waals surface area (Å²) < 4.78 is 0. The molecule has 0 unspecified atom stereocenters. The van der Waals surface area contributed by atoms with Gasteiger partial charge in [0.1, 0.15) is 0 Å². The highest BCUT2D eigenvalue weighted by Gasteiger charge is 2.30. The van der Waals surface area contributed by atoms with Crippen LogP contribution in [0.3, 0.4) is 0 Å². The normalized spacial score (nSPS) is 12.6. The summed E-state index contributed by atoms with van der Waals surface area (Å²) in [5, 5.41) is 1.09. The highest BCUT2D eigenvalue weighted by atomic mass is 14.8. The van der Waals surface area contributed by atoms with Crippen molar-refractivity contribution >= 4 is 11.0 Å². The van der Waals surface area contributed by atoms with E-state index in [9.17, 15) is 0 Å². The molecule has 0 bridgehead atoms. The first-order chi connectivity index (χ1) is 9.34. The molecule has 0 aliphatic rings. The van der Waals surface area contributed by atoms with Gasteiger partial charge in [0.2, 0.25) is 0 Å². The number of rotatable bonds is 5. The van der Waals surface area contributed by atoms with Crippen molar-refractivity contribution in [3.63, 3.8) is 0 Å². The lowest BCUT2D eigenvalue weighted by molar-refractivity contribution is 0.256. The average molecular weight is 268 g/mol. The molecule has 2 rings (SSSR count). The monoisotopic (exact) mass is 268 g/mol. The Balaban J connectivity index is 2.33. The van der Waals surface area contributed by atoms with Crippen molar-refractivity contribution in [1.82, 2.24) is 9.97 Å². The number of allylic oxidation sites excluding steroid dienone is 1. The number of fused-ring (bicyclic) bond motifs is 1. The largest absolute Gasteiger partial charge is 0.237 e. The molecule has 20 heavy (non-hydrogen) atoms. The zero-order valence-electron chi connectivity index (χ0n) is 13.0. The Bertz CT molecular complexity index is 612. The van der Waals surface area contributed by atoms with Gasteiger partial charge in [0.05, 0.1) is 0 Å². The zero-order valence-corrected chi connectivity index (χ0v) is 13.0. The fourth-order valence-corrected chi connectivity index (χ4v) is 3.08. The third-order valence-corrected chi connectivity index (χ3v) is 3.77. The number of pyridine rings is 2. The van der Waals surface area contributed by atoms with Crippen LogP contribution in [0.4, 0.5) is 0 Å². The van der Waals surface area contributed by atoms with Crippen LogP contribution in [0.15, 0.2) is 43.1 Å². The molecule has 0 atom stereocenters. The van der Waals surface area contributed by atoms with Gasteiger partial charge in [-0.3, -0.25) is 0 Å². The highest BCUT2D eigenvalue weighted by molar-refractivity contribution is 5.74. The maximum atomic E-state index is 4.75. The van der Waals surface area contributed by atoms with Crippen LogP contribution in [0.5, 0.6) is 0 Å². The molecule has 2 nitrogen and oxygen atoms in total. The van der Waals surface area contributed by atoms with Gasteiger partial charge in [-0.1, -0.05) is 33.8 Å². The van der Waals surface area contributed by atoms with Crippen molar-refractivity contribution in [2.24, 2.45) is 5.41 Å². The summed E-state index contributed by atoms with van der Waals surface area (Å²) in [6.07, 6.45) is 5.89. The van der Waals surface area contributed by atoms with E-state index in [1.54, 1.807) is 6.20 Å². The summed E-state index contributed by atoms with van der Waals surface area (Å²) in [4.78, 5) is 9.12. The summed E-state index contributed by atoms with van der Waals surface area (Å²) in [5.74, 6) is 0. The lowest BCUT2D eigenvalue weighted by Gasteiger charge is -2.34. The van der Waals surface area contributed by atoms with Gasteiger partial charge in [-0.25, -0.2) is 9.97 Å². The van der Waals surface area contributed by atoms with E-state index in [1.165, 1.54) is 0 Å². The van der Waals surface area contributed by atoms with Crippen LogP contribution in [0.2, 0.25) is 0 Å². The van der Waals surface area contributed by atoms with E-state index in [2.05, 4.69) is 51.4 Å². The van der Waals surface area contributed by atoms with Gasteiger partial charge in [0.15, 0.2) is 5.65 Å². The predicted molar refractivity (Wildman–Crippen MR) is 85.8 cm³/mol. The number of aromatic nitrogens is 2. The van der Waals surface area contributed by atoms with E-state index in [1.807, 2.05) is 18.2 Å². The van der Waals surface area contributed by atoms with Crippen molar-refractivity contribution in [2.45, 2.75) is 46.0 Å². The van der Waals surface area contributed by atoms with Gasteiger partial charge in [0.25, 0.3) is 0 Å². The molecule has 2 heteroatoms. The maximum Gasteiger partial charge on any atom is 0.159 e. The van der Waals surface area contributed by atoms with E-state index >= 15 is 0 Å². The zero-order chi connectivity index (χ0) is 14.8. The first-order valence-electron chi connectivity index (χ1n) is 7.17. The second-order valence-corrected chi connectivity index (χ2v) is 6.96. The fraction of sp³-hybridized carbons (Fsp3) is 0.444. The molecule has 2 aromatic heterocycles. The minimum absolute atomic E-state index is 0.0260. The molecular formula is C18H24N2. The Morgan fingerprint density at radius 1 is 1.15 bits per heavy atom. The minimum atomic E-state index is 0.0260. The molecule has 0 aliphatic carbocycles. The fourth-order valence-electron chi connectivity index (χ4n) is 3.08. The molecule has 0 aromatic carbocycles. The van der Waals surface area contributed by atoms with Crippen LogP contribution >= 0.6 is 0 Å². The van der Waals surface area contributed by atoms with Gasteiger partial charge in [-0.05, 0) is 42.5 Å². The molecule has 106 valence electrons. The van der Waals surface area contributed by atoms with E-state index in [4.69, 9.17) is 4.98 Å². The Labute approximate surface area is 122 Å². The average Bonchev–Trinajstić information content (AvgIpc) is 2.36. The van der Waals surface area contributed by atoms with Gasteiger partial charge in [0, 0.05) is 22.7 Å². The third kappa shape index (κ3) is 3.24. The van der Waals surface area contributed by atoms with Gasteiger partial charge in [-0.2, -0.15) is 0 Å². The Kier molecular flexibility index (Phi) is 3.94. The second kappa shape index (κ2) is 5.35. The maximum absolute atomic E-state index is 4.75. The molecule has 0 N–H and O–H groups in total. The lowest BCUT2D eigenvalue weighted by Crippen LogP contribution is -2.27. The van der Waals surface area contributed by atoms with Gasteiger partial charge < -0.3 is 0 Å². The first-order valence-corrected chi connectivity index (χ1v) is 7.17. The van der Waals surface area contributed by atoms with Crippen LogP contribution in [0, 0.1) is 5.41 Å². The molecule has 0 fully saturated rings. The summed E-state index contributed by atoms with van der Waals surface area (Å²) >= 11 is 0. The van der Waals surface area contributed by atoms with E-state index < -0.39 is 0 Å². The summed E-state index contributed by atoms with van der Waals surface area (Å²) in [7, 11) is 0.